The quantitative estimate of drug-likeness (QED) is 0.441. The van der Waals surface area contributed by atoms with Crippen LogP contribution >= 0.6 is 12.2 Å². The molecule has 0 radical (unpaired) electrons. The van der Waals surface area contributed by atoms with Crippen molar-refractivity contribution in [3.8, 4) is 17.2 Å². The standard InChI is InChI=1S/C23H20N4O3S/c1-3-29-17-9-6-15(7-10-17)21(28)27-23(31)25-18-11-8-16(13-14(18)2)22-26-20-19(30-22)5-4-12-24-20/h4-13H,3H2,1-2H3,(H2,25,27,28,31). The second kappa shape index (κ2) is 8.93. The molecule has 1 amide bonds. The smallest absolute Gasteiger partial charge is 0.257 e. The van der Waals surface area contributed by atoms with Crippen molar-refractivity contribution >= 4 is 40.2 Å². The third kappa shape index (κ3) is 4.70. The lowest BCUT2D eigenvalue weighted by Gasteiger charge is -2.12. The maximum absolute atomic E-state index is 12.4. The Morgan fingerprint density at radius 1 is 1.16 bits per heavy atom. The molecule has 0 spiro atoms. The minimum absolute atomic E-state index is 0.209. The maximum Gasteiger partial charge on any atom is 0.257 e. The number of nitrogens with zero attached hydrogens (tertiary/aromatic N) is 2. The van der Waals surface area contributed by atoms with E-state index in [2.05, 4.69) is 20.6 Å². The van der Waals surface area contributed by atoms with E-state index in [1.807, 2.05) is 38.1 Å². The molecule has 0 fully saturated rings. The van der Waals surface area contributed by atoms with E-state index in [0.29, 0.717) is 35.0 Å². The predicted molar refractivity (Wildman–Crippen MR) is 123 cm³/mol. The number of carbonyl (C=O) groups is 1. The minimum atomic E-state index is -0.297. The third-order valence-electron chi connectivity index (χ3n) is 4.54. The van der Waals surface area contributed by atoms with Crippen LogP contribution in [0.1, 0.15) is 22.8 Å². The molecule has 2 aromatic heterocycles. The zero-order valence-corrected chi connectivity index (χ0v) is 17.8. The summed E-state index contributed by atoms with van der Waals surface area (Å²) in [7, 11) is 0. The van der Waals surface area contributed by atoms with Gasteiger partial charge in [-0.05, 0) is 86.2 Å². The van der Waals surface area contributed by atoms with Crippen molar-refractivity contribution < 1.29 is 13.9 Å². The summed E-state index contributed by atoms with van der Waals surface area (Å²) in [6.07, 6.45) is 1.68. The molecule has 0 aliphatic heterocycles. The molecule has 4 rings (SSSR count). The number of hydrogen-bond donors (Lipinski definition) is 2. The van der Waals surface area contributed by atoms with Gasteiger partial charge in [-0.15, -0.1) is 0 Å². The monoisotopic (exact) mass is 432 g/mol. The molecule has 0 unspecified atom stereocenters. The van der Waals surface area contributed by atoms with Crippen molar-refractivity contribution in [2.24, 2.45) is 0 Å². The number of thiocarbonyl (C=S) groups is 1. The molecule has 2 aromatic carbocycles. The fourth-order valence-corrected chi connectivity index (χ4v) is 3.23. The summed E-state index contributed by atoms with van der Waals surface area (Å²) in [4.78, 5) is 21.0. The predicted octanol–water partition coefficient (Wildman–Crippen LogP) is 4.72. The van der Waals surface area contributed by atoms with E-state index in [1.54, 1.807) is 36.5 Å². The van der Waals surface area contributed by atoms with Crippen LogP contribution in [-0.4, -0.2) is 27.6 Å². The van der Waals surface area contributed by atoms with Gasteiger partial charge in [-0.3, -0.25) is 10.1 Å². The first-order valence-corrected chi connectivity index (χ1v) is 10.1. The Morgan fingerprint density at radius 2 is 1.97 bits per heavy atom. The van der Waals surface area contributed by atoms with Crippen molar-refractivity contribution in [3.05, 3.63) is 71.9 Å². The van der Waals surface area contributed by atoms with Gasteiger partial charge < -0.3 is 14.5 Å². The van der Waals surface area contributed by atoms with Crippen LogP contribution in [0.2, 0.25) is 0 Å². The first-order chi connectivity index (χ1) is 15.0. The van der Waals surface area contributed by atoms with Gasteiger partial charge in [0.25, 0.3) is 5.91 Å². The number of nitrogens with one attached hydrogen (secondary N) is 2. The molecule has 2 heterocycles. The number of oxazole rings is 1. The number of ether oxygens (including phenoxy) is 1. The Hall–Kier alpha value is -3.78. The number of hydrogen-bond acceptors (Lipinski definition) is 6. The van der Waals surface area contributed by atoms with Crippen LogP contribution in [0, 0.1) is 6.92 Å². The number of pyridine rings is 1. The van der Waals surface area contributed by atoms with Crippen LogP contribution in [-0.2, 0) is 0 Å². The molecule has 0 atom stereocenters. The van der Waals surface area contributed by atoms with Crippen LogP contribution < -0.4 is 15.4 Å². The van der Waals surface area contributed by atoms with Gasteiger partial charge in [0.2, 0.25) is 5.89 Å². The molecule has 31 heavy (non-hydrogen) atoms. The zero-order valence-electron chi connectivity index (χ0n) is 17.0. The lowest BCUT2D eigenvalue weighted by molar-refractivity contribution is 0.0977. The largest absolute Gasteiger partial charge is 0.494 e. The normalized spacial score (nSPS) is 10.6. The van der Waals surface area contributed by atoms with Gasteiger partial charge >= 0.3 is 0 Å². The maximum atomic E-state index is 12.4. The molecule has 156 valence electrons. The molecule has 7 nitrogen and oxygen atoms in total. The molecule has 0 saturated heterocycles. The Kier molecular flexibility index (Phi) is 5.90. The summed E-state index contributed by atoms with van der Waals surface area (Å²) in [6.45, 7) is 4.41. The minimum Gasteiger partial charge on any atom is -0.494 e. The van der Waals surface area contributed by atoms with Gasteiger partial charge in [0.05, 0.1) is 6.61 Å². The van der Waals surface area contributed by atoms with Crippen LogP contribution in [0.25, 0.3) is 22.7 Å². The number of anilines is 1. The van der Waals surface area contributed by atoms with Crippen molar-refractivity contribution in [2.75, 3.05) is 11.9 Å². The number of benzene rings is 2. The summed E-state index contributed by atoms with van der Waals surface area (Å²) in [5.41, 5.74) is 4.21. The van der Waals surface area contributed by atoms with Crippen LogP contribution in [0.5, 0.6) is 5.75 Å². The summed E-state index contributed by atoms with van der Waals surface area (Å²) < 4.78 is 11.2. The van der Waals surface area contributed by atoms with Crippen LogP contribution in [0.4, 0.5) is 5.69 Å². The van der Waals surface area contributed by atoms with Crippen molar-refractivity contribution in [3.63, 3.8) is 0 Å². The fraction of sp³-hybridized carbons (Fsp3) is 0.130. The second-order valence-corrected chi connectivity index (χ2v) is 7.15. The van der Waals surface area contributed by atoms with Gasteiger partial charge in [-0.25, -0.2) is 4.98 Å². The van der Waals surface area contributed by atoms with Gasteiger partial charge in [0, 0.05) is 23.0 Å². The number of aryl methyl sites for hydroxylation is 1. The molecule has 0 aliphatic carbocycles. The van der Waals surface area contributed by atoms with Crippen molar-refractivity contribution in [1.29, 1.82) is 0 Å². The SMILES string of the molecule is CCOc1ccc(C(=O)NC(=S)Nc2ccc(-c3nc4ncccc4o3)cc2C)cc1. The summed E-state index contributed by atoms with van der Waals surface area (Å²) in [5.74, 6) is 0.911. The molecule has 2 N–H and O–H groups in total. The zero-order chi connectivity index (χ0) is 21.8. The third-order valence-corrected chi connectivity index (χ3v) is 4.75. The average molecular weight is 433 g/mol. The van der Waals surface area contributed by atoms with Crippen LogP contribution in [0.15, 0.2) is 65.2 Å². The van der Waals surface area contributed by atoms with Gasteiger partial charge in [-0.2, -0.15) is 4.98 Å². The highest BCUT2D eigenvalue weighted by atomic mass is 32.1. The van der Waals surface area contributed by atoms with Crippen molar-refractivity contribution in [1.82, 2.24) is 15.3 Å². The van der Waals surface area contributed by atoms with E-state index < -0.39 is 0 Å². The highest BCUT2D eigenvalue weighted by molar-refractivity contribution is 7.80. The molecule has 0 saturated carbocycles. The van der Waals surface area contributed by atoms with E-state index in [-0.39, 0.29) is 11.0 Å². The van der Waals surface area contributed by atoms with Gasteiger partial charge in [0.15, 0.2) is 16.3 Å². The van der Waals surface area contributed by atoms with E-state index in [4.69, 9.17) is 21.4 Å². The molecule has 8 heteroatoms. The Morgan fingerprint density at radius 3 is 2.68 bits per heavy atom. The highest BCUT2D eigenvalue weighted by Crippen LogP contribution is 2.26. The molecular formula is C23H20N4O3S. The number of carbonyl (C=O) groups excluding carboxylic acids is 1. The summed E-state index contributed by atoms with van der Waals surface area (Å²) in [5, 5.41) is 5.96. The van der Waals surface area contributed by atoms with Gasteiger partial charge in [-0.1, -0.05) is 0 Å². The molecular weight excluding hydrogens is 412 g/mol. The topological polar surface area (TPSA) is 89.3 Å². The summed E-state index contributed by atoms with van der Waals surface area (Å²) >= 11 is 5.30. The van der Waals surface area contributed by atoms with E-state index in [1.165, 1.54) is 0 Å². The number of amides is 1. The fourth-order valence-electron chi connectivity index (χ4n) is 3.03. The number of fused-ring (bicyclic) bond motifs is 1. The van der Waals surface area contributed by atoms with Crippen LogP contribution in [0.3, 0.4) is 0 Å². The lowest BCUT2D eigenvalue weighted by Crippen LogP contribution is -2.34. The van der Waals surface area contributed by atoms with E-state index >= 15 is 0 Å². The van der Waals surface area contributed by atoms with E-state index in [9.17, 15) is 4.79 Å². The Balaban J connectivity index is 1.42. The number of aromatic nitrogens is 2. The molecule has 4 aromatic rings. The first kappa shape index (κ1) is 20.5. The number of rotatable bonds is 5. The second-order valence-electron chi connectivity index (χ2n) is 6.74. The summed E-state index contributed by atoms with van der Waals surface area (Å²) in [6, 6.07) is 16.2. The molecule has 0 bridgehead atoms. The average Bonchev–Trinajstić information content (AvgIpc) is 3.20. The highest BCUT2D eigenvalue weighted by Gasteiger charge is 2.12. The Labute approximate surface area is 184 Å². The van der Waals surface area contributed by atoms with E-state index in [0.717, 1.165) is 16.8 Å². The van der Waals surface area contributed by atoms with Crippen molar-refractivity contribution in [2.45, 2.75) is 13.8 Å². The molecule has 0 aliphatic rings. The lowest BCUT2D eigenvalue weighted by atomic mass is 10.1. The Bertz CT molecular complexity index is 1220. The first-order valence-electron chi connectivity index (χ1n) is 9.71. The van der Waals surface area contributed by atoms with Gasteiger partial charge in [0.1, 0.15) is 5.75 Å².